The van der Waals surface area contributed by atoms with Crippen molar-refractivity contribution in [2.75, 3.05) is 26.7 Å². The molecule has 19 heavy (non-hydrogen) atoms. The molecule has 0 aliphatic heterocycles. The first-order valence-electron chi connectivity index (χ1n) is 7.09. The van der Waals surface area contributed by atoms with Crippen LogP contribution in [0.15, 0.2) is 24.3 Å². The van der Waals surface area contributed by atoms with E-state index in [1.165, 1.54) is 25.8 Å². The maximum atomic E-state index is 8.81. The molecule has 2 rings (SSSR count). The average molecular weight is 258 g/mol. The minimum absolute atomic E-state index is 0.652. The molecule has 0 saturated heterocycles. The van der Waals surface area contributed by atoms with Gasteiger partial charge in [-0.3, -0.25) is 0 Å². The topological polar surface area (TPSA) is 36.3 Å². The molecule has 0 atom stereocenters. The summed E-state index contributed by atoms with van der Waals surface area (Å²) in [5.41, 5.74) is 0.652. The van der Waals surface area contributed by atoms with Crippen LogP contribution in [0.5, 0.6) is 5.75 Å². The highest BCUT2D eigenvalue weighted by Gasteiger charge is 2.18. The summed E-state index contributed by atoms with van der Waals surface area (Å²) in [7, 11) is 2.19. The van der Waals surface area contributed by atoms with Crippen molar-refractivity contribution < 1.29 is 4.74 Å². The van der Waals surface area contributed by atoms with Gasteiger partial charge in [-0.25, -0.2) is 0 Å². The lowest BCUT2D eigenvalue weighted by molar-refractivity contribution is 0.192. The molecule has 1 aliphatic carbocycles. The third kappa shape index (κ3) is 4.57. The molecule has 0 radical (unpaired) electrons. The second-order valence-corrected chi connectivity index (χ2v) is 5.40. The Morgan fingerprint density at radius 3 is 2.95 bits per heavy atom. The normalized spacial score (nSPS) is 15.0. The predicted molar refractivity (Wildman–Crippen MR) is 76.1 cm³/mol. The van der Waals surface area contributed by atoms with E-state index in [-0.39, 0.29) is 0 Å². The second-order valence-electron chi connectivity index (χ2n) is 5.40. The van der Waals surface area contributed by atoms with Gasteiger partial charge in [-0.15, -0.1) is 0 Å². The lowest BCUT2D eigenvalue weighted by Crippen LogP contribution is -2.30. The van der Waals surface area contributed by atoms with Gasteiger partial charge < -0.3 is 9.64 Å². The van der Waals surface area contributed by atoms with Gasteiger partial charge in [0.25, 0.3) is 0 Å². The highest BCUT2D eigenvalue weighted by molar-refractivity contribution is 5.36. The summed E-state index contributed by atoms with van der Waals surface area (Å²) in [4.78, 5) is 2.40. The molecule has 1 aromatic rings. The van der Waals surface area contributed by atoms with E-state index >= 15 is 0 Å². The van der Waals surface area contributed by atoms with Gasteiger partial charge in [-0.1, -0.05) is 12.5 Å². The number of nitrogens with zero attached hydrogens (tertiary/aromatic N) is 2. The standard InChI is InChI=1S/C16H22N2O/c1-18(13-14-5-2-6-14)9-4-10-19-16-8-3-7-15(11-16)12-17/h3,7-8,11,14H,2,4-6,9-10,13H2,1H3. The Hall–Kier alpha value is -1.53. The van der Waals surface area contributed by atoms with Crippen molar-refractivity contribution >= 4 is 0 Å². The minimum atomic E-state index is 0.652. The summed E-state index contributed by atoms with van der Waals surface area (Å²) < 4.78 is 5.67. The van der Waals surface area contributed by atoms with Gasteiger partial charge in [-0.05, 0) is 50.4 Å². The molecule has 0 aromatic heterocycles. The van der Waals surface area contributed by atoms with Crippen molar-refractivity contribution in [2.24, 2.45) is 5.92 Å². The fourth-order valence-corrected chi connectivity index (χ4v) is 2.39. The van der Waals surface area contributed by atoms with Crippen molar-refractivity contribution in [1.29, 1.82) is 5.26 Å². The van der Waals surface area contributed by atoms with Gasteiger partial charge in [-0.2, -0.15) is 5.26 Å². The summed E-state index contributed by atoms with van der Waals surface area (Å²) in [6.45, 7) is 3.02. The summed E-state index contributed by atoms with van der Waals surface area (Å²) in [5, 5.41) is 8.81. The second kappa shape index (κ2) is 7.16. The molecule has 0 unspecified atom stereocenters. The first-order valence-corrected chi connectivity index (χ1v) is 7.09. The van der Waals surface area contributed by atoms with Gasteiger partial charge in [0.1, 0.15) is 5.75 Å². The van der Waals surface area contributed by atoms with Crippen LogP contribution in [-0.4, -0.2) is 31.6 Å². The fourth-order valence-electron chi connectivity index (χ4n) is 2.39. The molecule has 3 heteroatoms. The molecule has 0 heterocycles. The van der Waals surface area contributed by atoms with Crippen LogP contribution < -0.4 is 4.74 Å². The van der Waals surface area contributed by atoms with Gasteiger partial charge >= 0.3 is 0 Å². The molecule has 0 spiro atoms. The molecule has 1 aromatic carbocycles. The van der Waals surface area contributed by atoms with E-state index < -0.39 is 0 Å². The van der Waals surface area contributed by atoms with Crippen LogP contribution in [0.4, 0.5) is 0 Å². The number of hydrogen-bond donors (Lipinski definition) is 0. The lowest BCUT2D eigenvalue weighted by Gasteiger charge is -2.30. The Balaban J connectivity index is 1.61. The smallest absolute Gasteiger partial charge is 0.120 e. The summed E-state index contributed by atoms with van der Waals surface area (Å²) >= 11 is 0. The van der Waals surface area contributed by atoms with E-state index in [1.54, 1.807) is 12.1 Å². The van der Waals surface area contributed by atoms with Crippen LogP contribution in [-0.2, 0) is 0 Å². The zero-order valence-corrected chi connectivity index (χ0v) is 11.6. The van der Waals surface area contributed by atoms with Crippen molar-refractivity contribution in [3.05, 3.63) is 29.8 Å². The third-order valence-electron chi connectivity index (χ3n) is 3.71. The number of ether oxygens (including phenoxy) is 1. The highest BCUT2D eigenvalue weighted by atomic mass is 16.5. The van der Waals surface area contributed by atoms with E-state index in [1.807, 2.05) is 12.1 Å². The van der Waals surface area contributed by atoms with Crippen LogP contribution in [0.2, 0.25) is 0 Å². The Bertz CT molecular complexity index is 435. The van der Waals surface area contributed by atoms with Crippen LogP contribution in [0.1, 0.15) is 31.2 Å². The molecule has 0 bridgehead atoms. The van der Waals surface area contributed by atoms with Crippen LogP contribution in [0.25, 0.3) is 0 Å². The van der Waals surface area contributed by atoms with Crippen molar-refractivity contribution in [2.45, 2.75) is 25.7 Å². The predicted octanol–water partition coefficient (Wildman–Crippen LogP) is 3.06. The number of rotatable bonds is 7. The van der Waals surface area contributed by atoms with Gasteiger partial charge in [0.05, 0.1) is 18.2 Å². The SMILES string of the molecule is CN(CCCOc1cccc(C#N)c1)CC1CCC1. The molecule has 1 aliphatic rings. The molecule has 1 saturated carbocycles. The Morgan fingerprint density at radius 2 is 2.26 bits per heavy atom. The molecule has 0 amide bonds. The maximum absolute atomic E-state index is 8.81. The number of nitriles is 1. The summed E-state index contributed by atoms with van der Waals surface area (Å²) in [5.74, 6) is 1.72. The number of hydrogen-bond acceptors (Lipinski definition) is 3. The van der Waals surface area contributed by atoms with Gasteiger partial charge in [0, 0.05) is 13.1 Å². The Kier molecular flexibility index (Phi) is 5.23. The first-order chi connectivity index (χ1) is 9.28. The zero-order chi connectivity index (χ0) is 13.5. The maximum Gasteiger partial charge on any atom is 0.120 e. The molecule has 102 valence electrons. The minimum Gasteiger partial charge on any atom is -0.494 e. The lowest BCUT2D eigenvalue weighted by atomic mass is 9.85. The van der Waals surface area contributed by atoms with E-state index in [9.17, 15) is 0 Å². The van der Waals surface area contributed by atoms with E-state index in [0.717, 1.165) is 24.6 Å². The third-order valence-corrected chi connectivity index (χ3v) is 3.71. The molecular formula is C16H22N2O. The van der Waals surface area contributed by atoms with E-state index in [2.05, 4.69) is 18.0 Å². The summed E-state index contributed by atoms with van der Waals surface area (Å²) in [6.07, 6.45) is 5.25. The van der Waals surface area contributed by atoms with Crippen LogP contribution in [0.3, 0.4) is 0 Å². The molecule has 0 N–H and O–H groups in total. The first kappa shape index (κ1) is 13.9. The molecule has 3 nitrogen and oxygen atoms in total. The zero-order valence-electron chi connectivity index (χ0n) is 11.6. The monoisotopic (exact) mass is 258 g/mol. The fraction of sp³-hybridized carbons (Fsp3) is 0.562. The largest absolute Gasteiger partial charge is 0.494 e. The summed E-state index contributed by atoms with van der Waals surface area (Å²) in [6, 6.07) is 9.46. The van der Waals surface area contributed by atoms with Crippen molar-refractivity contribution in [3.8, 4) is 11.8 Å². The quantitative estimate of drug-likeness (QED) is 0.705. The van der Waals surface area contributed by atoms with Crippen LogP contribution in [0, 0.1) is 17.2 Å². The Morgan fingerprint density at radius 1 is 1.42 bits per heavy atom. The molecular weight excluding hydrogens is 236 g/mol. The van der Waals surface area contributed by atoms with Crippen molar-refractivity contribution in [3.63, 3.8) is 0 Å². The molecule has 1 fully saturated rings. The average Bonchev–Trinajstić information content (AvgIpc) is 2.39. The number of benzene rings is 1. The highest BCUT2D eigenvalue weighted by Crippen LogP contribution is 2.26. The van der Waals surface area contributed by atoms with Gasteiger partial charge in [0.2, 0.25) is 0 Å². The van der Waals surface area contributed by atoms with Crippen LogP contribution >= 0.6 is 0 Å². The Labute approximate surface area is 115 Å². The van der Waals surface area contributed by atoms with E-state index in [4.69, 9.17) is 10.00 Å². The van der Waals surface area contributed by atoms with Crippen molar-refractivity contribution in [1.82, 2.24) is 4.90 Å². The van der Waals surface area contributed by atoms with Gasteiger partial charge in [0.15, 0.2) is 0 Å². The van der Waals surface area contributed by atoms with E-state index in [0.29, 0.717) is 12.2 Å².